The predicted molar refractivity (Wildman–Crippen MR) is 119 cm³/mol. The third-order valence-corrected chi connectivity index (χ3v) is 5.99. The molecule has 3 nitrogen and oxygen atoms in total. The summed E-state index contributed by atoms with van der Waals surface area (Å²) in [4.78, 5) is 15.3. The predicted octanol–water partition coefficient (Wildman–Crippen LogP) is 6.73. The molecule has 142 valence electrons. The molecule has 2 atom stereocenters. The molecule has 4 rings (SSSR count). The van der Waals surface area contributed by atoms with Crippen molar-refractivity contribution < 1.29 is 4.79 Å². The first-order valence-electron chi connectivity index (χ1n) is 9.63. The Kier molecular flexibility index (Phi) is 5.23. The molecule has 3 aromatic rings. The van der Waals surface area contributed by atoms with Gasteiger partial charge in [-0.3, -0.25) is 9.69 Å². The van der Waals surface area contributed by atoms with Gasteiger partial charge in [-0.05, 0) is 59.9 Å². The van der Waals surface area contributed by atoms with E-state index in [1.165, 1.54) is 5.56 Å². The molecule has 3 aromatic carbocycles. The molecule has 4 heteroatoms. The largest absolute Gasteiger partial charge is 0.360 e. The first kappa shape index (κ1) is 18.8. The summed E-state index contributed by atoms with van der Waals surface area (Å²) in [6.45, 7) is 4.42. The first-order chi connectivity index (χ1) is 13.6. The molecule has 0 unspecified atom stereocenters. The van der Waals surface area contributed by atoms with Crippen LogP contribution >= 0.6 is 15.9 Å². The number of benzene rings is 3. The fraction of sp³-hybridized carbons (Fsp3) is 0.208. The number of hydrogen-bond acceptors (Lipinski definition) is 2. The van der Waals surface area contributed by atoms with Crippen LogP contribution in [-0.4, -0.2) is 5.91 Å². The zero-order valence-corrected chi connectivity index (χ0v) is 17.6. The highest BCUT2D eigenvalue weighted by Gasteiger charge is 2.33. The van der Waals surface area contributed by atoms with Gasteiger partial charge in [0.25, 0.3) is 5.91 Å². The van der Waals surface area contributed by atoms with Crippen molar-refractivity contribution >= 4 is 33.2 Å². The van der Waals surface area contributed by atoms with Crippen molar-refractivity contribution in [3.63, 3.8) is 0 Å². The van der Waals surface area contributed by atoms with Crippen LogP contribution in [0, 0.1) is 0 Å². The Morgan fingerprint density at radius 2 is 1.68 bits per heavy atom. The quantitative estimate of drug-likeness (QED) is 0.493. The highest BCUT2D eigenvalue weighted by atomic mass is 79.9. The maximum absolute atomic E-state index is 13.4. The van der Waals surface area contributed by atoms with Gasteiger partial charge in [0.1, 0.15) is 6.17 Å². The minimum atomic E-state index is -0.259. The molecule has 1 aliphatic heterocycles. The summed E-state index contributed by atoms with van der Waals surface area (Å²) in [6, 6.07) is 24.2. The molecule has 0 saturated heterocycles. The molecule has 0 aliphatic carbocycles. The van der Waals surface area contributed by atoms with Crippen LogP contribution in [0.4, 0.5) is 11.4 Å². The average Bonchev–Trinajstić information content (AvgIpc) is 2.74. The Labute approximate surface area is 174 Å². The van der Waals surface area contributed by atoms with E-state index in [9.17, 15) is 4.79 Å². The summed E-state index contributed by atoms with van der Waals surface area (Å²) in [5.41, 5.74) is 4.79. The molecule has 1 N–H and O–H groups in total. The van der Waals surface area contributed by atoms with Crippen molar-refractivity contribution in [3.8, 4) is 0 Å². The molecular weight excluding hydrogens is 412 g/mol. The lowest BCUT2D eigenvalue weighted by atomic mass is 9.97. The highest BCUT2D eigenvalue weighted by molar-refractivity contribution is 9.10. The first-order valence-corrected chi connectivity index (χ1v) is 10.4. The second-order valence-electron chi connectivity index (χ2n) is 7.22. The number of carbonyl (C=O) groups is 1. The molecule has 28 heavy (non-hydrogen) atoms. The maximum atomic E-state index is 13.4. The molecule has 0 bridgehead atoms. The zero-order chi connectivity index (χ0) is 19.7. The standard InChI is InChI=1S/C24H23BrN2O/c1-3-16(2)17-10-14-20(15-11-17)27-23(18-8-12-19(25)13-9-18)26-22-7-5-4-6-21(22)24(27)28/h4-16,23,26H,3H2,1-2H3/t16-,23-/m0/s1. The normalized spacial score (nSPS) is 17.0. The van der Waals surface area contributed by atoms with Crippen LogP contribution in [0.3, 0.4) is 0 Å². The molecule has 0 fully saturated rings. The van der Waals surface area contributed by atoms with Crippen molar-refractivity contribution in [3.05, 3.63) is 94.0 Å². The van der Waals surface area contributed by atoms with E-state index in [1.54, 1.807) is 0 Å². The van der Waals surface area contributed by atoms with Gasteiger partial charge in [-0.25, -0.2) is 0 Å². The van der Waals surface area contributed by atoms with Gasteiger partial charge in [0.15, 0.2) is 0 Å². The van der Waals surface area contributed by atoms with Gasteiger partial charge in [0, 0.05) is 15.8 Å². The summed E-state index contributed by atoms with van der Waals surface area (Å²) in [7, 11) is 0. The highest BCUT2D eigenvalue weighted by Crippen LogP contribution is 2.37. The molecule has 1 heterocycles. The van der Waals surface area contributed by atoms with E-state index in [1.807, 2.05) is 53.4 Å². The van der Waals surface area contributed by atoms with Crippen LogP contribution < -0.4 is 10.2 Å². The fourth-order valence-electron chi connectivity index (χ4n) is 3.60. The van der Waals surface area contributed by atoms with E-state index in [0.29, 0.717) is 11.5 Å². The lowest BCUT2D eigenvalue weighted by Crippen LogP contribution is -2.43. The van der Waals surface area contributed by atoms with Crippen LogP contribution in [0.1, 0.15) is 53.8 Å². The van der Waals surface area contributed by atoms with Gasteiger partial charge in [-0.2, -0.15) is 0 Å². The molecule has 0 spiro atoms. The summed E-state index contributed by atoms with van der Waals surface area (Å²) >= 11 is 3.49. The third-order valence-electron chi connectivity index (χ3n) is 5.47. The van der Waals surface area contributed by atoms with E-state index in [2.05, 4.69) is 59.4 Å². The summed E-state index contributed by atoms with van der Waals surface area (Å²) in [6.07, 6.45) is 0.836. The van der Waals surface area contributed by atoms with Gasteiger partial charge in [0.2, 0.25) is 0 Å². The van der Waals surface area contributed by atoms with Crippen LogP contribution in [0.5, 0.6) is 0 Å². The van der Waals surface area contributed by atoms with Crippen molar-refractivity contribution in [1.29, 1.82) is 0 Å². The number of para-hydroxylation sites is 1. The van der Waals surface area contributed by atoms with Gasteiger partial charge in [0.05, 0.1) is 5.56 Å². The Morgan fingerprint density at radius 1 is 1.00 bits per heavy atom. The number of fused-ring (bicyclic) bond motifs is 1. The van der Waals surface area contributed by atoms with E-state index in [0.717, 1.165) is 27.8 Å². The van der Waals surface area contributed by atoms with Crippen molar-refractivity contribution in [2.75, 3.05) is 10.2 Å². The summed E-state index contributed by atoms with van der Waals surface area (Å²) in [5, 5.41) is 3.55. The van der Waals surface area contributed by atoms with Gasteiger partial charge < -0.3 is 5.32 Å². The number of nitrogens with zero attached hydrogens (tertiary/aromatic N) is 1. The fourth-order valence-corrected chi connectivity index (χ4v) is 3.86. The number of nitrogens with one attached hydrogen (secondary N) is 1. The lowest BCUT2D eigenvalue weighted by molar-refractivity contribution is 0.0975. The van der Waals surface area contributed by atoms with E-state index >= 15 is 0 Å². The summed E-state index contributed by atoms with van der Waals surface area (Å²) in [5.74, 6) is 0.519. The summed E-state index contributed by atoms with van der Waals surface area (Å²) < 4.78 is 1.02. The second-order valence-corrected chi connectivity index (χ2v) is 8.14. The lowest BCUT2D eigenvalue weighted by Gasteiger charge is -2.38. The van der Waals surface area contributed by atoms with Crippen LogP contribution in [0.25, 0.3) is 0 Å². The Bertz CT molecular complexity index is 982. The van der Waals surface area contributed by atoms with Crippen LogP contribution in [-0.2, 0) is 0 Å². The Morgan fingerprint density at radius 3 is 2.36 bits per heavy atom. The number of amides is 1. The minimum absolute atomic E-state index is 0.0126. The van der Waals surface area contributed by atoms with Crippen LogP contribution in [0.2, 0.25) is 0 Å². The third kappa shape index (κ3) is 3.45. The molecular formula is C24H23BrN2O. The SMILES string of the molecule is CC[C@H](C)c1ccc(N2C(=O)c3ccccc3N[C@@H]2c2ccc(Br)cc2)cc1. The second kappa shape index (κ2) is 7.80. The van der Waals surface area contributed by atoms with Gasteiger partial charge in [-0.1, -0.05) is 66.2 Å². The van der Waals surface area contributed by atoms with Crippen LogP contribution in [0.15, 0.2) is 77.3 Å². The monoisotopic (exact) mass is 434 g/mol. The van der Waals surface area contributed by atoms with E-state index in [-0.39, 0.29) is 12.1 Å². The zero-order valence-electron chi connectivity index (χ0n) is 16.0. The van der Waals surface area contributed by atoms with Crippen molar-refractivity contribution in [2.24, 2.45) is 0 Å². The van der Waals surface area contributed by atoms with E-state index < -0.39 is 0 Å². The number of hydrogen-bond donors (Lipinski definition) is 1. The molecule has 0 radical (unpaired) electrons. The molecule has 1 amide bonds. The van der Waals surface area contributed by atoms with Crippen molar-refractivity contribution in [1.82, 2.24) is 0 Å². The Balaban J connectivity index is 1.78. The number of anilines is 2. The van der Waals surface area contributed by atoms with E-state index in [4.69, 9.17) is 0 Å². The Hall–Kier alpha value is -2.59. The van der Waals surface area contributed by atoms with Gasteiger partial charge >= 0.3 is 0 Å². The average molecular weight is 435 g/mol. The minimum Gasteiger partial charge on any atom is -0.360 e. The molecule has 1 aliphatic rings. The number of halogens is 1. The van der Waals surface area contributed by atoms with Crippen molar-refractivity contribution in [2.45, 2.75) is 32.4 Å². The molecule has 0 aromatic heterocycles. The number of rotatable bonds is 4. The molecule has 0 saturated carbocycles. The smallest absolute Gasteiger partial charge is 0.262 e. The van der Waals surface area contributed by atoms with Gasteiger partial charge in [-0.15, -0.1) is 0 Å². The number of carbonyl (C=O) groups excluding carboxylic acids is 1. The maximum Gasteiger partial charge on any atom is 0.262 e. The topological polar surface area (TPSA) is 32.3 Å².